The summed E-state index contributed by atoms with van der Waals surface area (Å²) >= 11 is 0. The maximum absolute atomic E-state index is 4.93. The summed E-state index contributed by atoms with van der Waals surface area (Å²) < 4.78 is 6.80. The maximum Gasteiger partial charge on any atom is 0.227 e. The fourth-order valence-electron chi connectivity index (χ4n) is 1.90. The van der Waals surface area contributed by atoms with Crippen molar-refractivity contribution in [2.75, 3.05) is 6.54 Å². The Morgan fingerprint density at radius 1 is 1.44 bits per heavy atom. The topological polar surface area (TPSA) is 68.8 Å². The Kier molecular flexibility index (Phi) is 4.09. The Hall–Kier alpha value is -1.69. The number of nitrogens with zero attached hydrogens (tertiary/aromatic N) is 4. The van der Waals surface area contributed by atoms with E-state index in [1.807, 2.05) is 11.7 Å². The fraction of sp³-hybridized carbons (Fsp3) is 0.583. The molecule has 0 aliphatic rings. The third-order valence-corrected chi connectivity index (χ3v) is 2.72. The monoisotopic (exact) mass is 249 g/mol. The summed E-state index contributed by atoms with van der Waals surface area (Å²) in [6, 6.07) is 0. The first-order valence-electron chi connectivity index (χ1n) is 6.15. The highest BCUT2D eigenvalue weighted by Crippen LogP contribution is 2.16. The Balaban J connectivity index is 1.83. The largest absolute Gasteiger partial charge is 0.340 e. The minimum atomic E-state index is 0.443. The first kappa shape index (κ1) is 12.8. The lowest BCUT2D eigenvalue weighted by atomic mass is 10.1. The molecule has 6 nitrogen and oxygen atoms in total. The van der Waals surface area contributed by atoms with E-state index in [0.29, 0.717) is 11.8 Å². The Bertz CT molecular complexity index is 475. The molecule has 2 rings (SSSR count). The molecule has 98 valence electrons. The number of aromatic nitrogens is 4. The molecular formula is C12H19N5O. The predicted octanol–water partition coefficient (Wildman–Crippen LogP) is 1.26. The van der Waals surface area contributed by atoms with E-state index >= 15 is 0 Å². The highest BCUT2D eigenvalue weighted by Gasteiger charge is 2.10. The van der Waals surface area contributed by atoms with Gasteiger partial charge < -0.3 is 9.84 Å². The summed E-state index contributed by atoms with van der Waals surface area (Å²) in [5, 5.41) is 11.4. The van der Waals surface area contributed by atoms with E-state index in [9.17, 15) is 0 Å². The van der Waals surface area contributed by atoms with Gasteiger partial charge in [0.05, 0.1) is 5.69 Å². The van der Waals surface area contributed by atoms with Crippen LogP contribution < -0.4 is 5.32 Å². The molecule has 0 radical (unpaired) electrons. The number of rotatable bonds is 6. The van der Waals surface area contributed by atoms with Gasteiger partial charge in [-0.3, -0.25) is 4.68 Å². The molecule has 0 fully saturated rings. The van der Waals surface area contributed by atoms with Crippen LogP contribution in [0.15, 0.2) is 17.0 Å². The standard InChI is InChI=1S/C12H19N5O/c1-9(2)12-10(7-17(3)16-12)6-13-5-4-11-14-8-15-18-11/h7-9,13H,4-6H2,1-3H3. The van der Waals surface area contributed by atoms with Crippen molar-refractivity contribution in [1.29, 1.82) is 0 Å². The van der Waals surface area contributed by atoms with Gasteiger partial charge in [0.1, 0.15) is 0 Å². The van der Waals surface area contributed by atoms with E-state index < -0.39 is 0 Å². The summed E-state index contributed by atoms with van der Waals surface area (Å²) in [6.45, 7) is 5.94. The third kappa shape index (κ3) is 3.16. The van der Waals surface area contributed by atoms with Gasteiger partial charge >= 0.3 is 0 Å². The molecule has 0 aliphatic carbocycles. The van der Waals surface area contributed by atoms with Gasteiger partial charge in [-0.15, -0.1) is 0 Å². The van der Waals surface area contributed by atoms with Gasteiger partial charge in [-0.25, -0.2) is 0 Å². The van der Waals surface area contributed by atoms with Crippen molar-refractivity contribution in [3.05, 3.63) is 29.7 Å². The summed E-state index contributed by atoms with van der Waals surface area (Å²) in [4.78, 5) is 3.98. The molecule has 2 aromatic rings. The second-order valence-corrected chi connectivity index (χ2v) is 4.63. The zero-order valence-electron chi connectivity index (χ0n) is 11.1. The van der Waals surface area contributed by atoms with Crippen LogP contribution >= 0.6 is 0 Å². The van der Waals surface area contributed by atoms with Crippen LogP contribution in [0.1, 0.15) is 36.9 Å². The average Bonchev–Trinajstić information content (AvgIpc) is 2.93. The van der Waals surface area contributed by atoms with Crippen molar-refractivity contribution >= 4 is 0 Å². The van der Waals surface area contributed by atoms with Gasteiger partial charge in [0.2, 0.25) is 5.89 Å². The smallest absolute Gasteiger partial charge is 0.227 e. The maximum atomic E-state index is 4.93. The normalized spacial score (nSPS) is 11.3. The molecular weight excluding hydrogens is 230 g/mol. The van der Waals surface area contributed by atoms with Crippen molar-refractivity contribution in [3.8, 4) is 0 Å². The van der Waals surface area contributed by atoms with E-state index in [4.69, 9.17) is 4.52 Å². The van der Waals surface area contributed by atoms with E-state index in [1.54, 1.807) is 0 Å². The molecule has 2 aromatic heterocycles. The molecule has 0 aromatic carbocycles. The van der Waals surface area contributed by atoms with Crippen molar-refractivity contribution < 1.29 is 4.52 Å². The van der Waals surface area contributed by atoms with Crippen LogP contribution in [0, 0.1) is 0 Å². The molecule has 0 bridgehead atoms. The van der Waals surface area contributed by atoms with Gasteiger partial charge in [-0.1, -0.05) is 19.0 Å². The minimum Gasteiger partial charge on any atom is -0.340 e. The summed E-state index contributed by atoms with van der Waals surface area (Å²) in [7, 11) is 1.95. The van der Waals surface area contributed by atoms with Gasteiger partial charge in [-0.2, -0.15) is 10.1 Å². The molecule has 0 saturated heterocycles. The Labute approximate surface area is 106 Å². The number of aryl methyl sites for hydroxylation is 1. The lowest BCUT2D eigenvalue weighted by Crippen LogP contribution is -2.17. The molecule has 0 unspecified atom stereocenters. The Morgan fingerprint density at radius 3 is 2.94 bits per heavy atom. The molecule has 0 aliphatic heterocycles. The molecule has 18 heavy (non-hydrogen) atoms. The molecule has 0 amide bonds. The van der Waals surface area contributed by atoms with E-state index in [1.165, 1.54) is 11.9 Å². The molecule has 0 spiro atoms. The summed E-state index contributed by atoms with van der Waals surface area (Å²) in [5.41, 5.74) is 2.40. The van der Waals surface area contributed by atoms with Crippen LogP contribution in [0.25, 0.3) is 0 Å². The number of hydrogen-bond acceptors (Lipinski definition) is 5. The summed E-state index contributed by atoms with van der Waals surface area (Å²) in [6.07, 6.45) is 4.24. The third-order valence-electron chi connectivity index (χ3n) is 2.72. The van der Waals surface area contributed by atoms with Gasteiger partial charge in [-0.05, 0) is 5.92 Å². The second kappa shape index (κ2) is 5.77. The van der Waals surface area contributed by atoms with Crippen LogP contribution in [0.5, 0.6) is 0 Å². The highest BCUT2D eigenvalue weighted by molar-refractivity contribution is 5.19. The zero-order chi connectivity index (χ0) is 13.0. The van der Waals surface area contributed by atoms with Crippen molar-refractivity contribution in [3.63, 3.8) is 0 Å². The second-order valence-electron chi connectivity index (χ2n) is 4.63. The molecule has 1 N–H and O–H groups in total. The zero-order valence-corrected chi connectivity index (χ0v) is 11.1. The molecule has 2 heterocycles. The van der Waals surface area contributed by atoms with Crippen LogP contribution in [-0.2, 0) is 20.0 Å². The van der Waals surface area contributed by atoms with E-state index in [0.717, 1.165) is 25.2 Å². The molecule has 0 saturated carbocycles. The number of nitrogens with one attached hydrogen (secondary N) is 1. The fourth-order valence-corrected chi connectivity index (χ4v) is 1.90. The molecule has 0 atom stereocenters. The van der Waals surface area contributed by atoms with Crippen LogP contribution in [-0.4, -0.2) is 26.5 Å². The van der Waals surface area contributed by atoms with Crippen molar-refractivity contribution in [2.45, 2.75) is 32.7 Å². The number of hydrogen-bond donors (Lipinski definition) is 1. The van der Waals surface area contributed by atoms with Crippen LogP contribution in [0.3, 0.4) is 0 Å². The quantitative estimate of drug-likeness (QED) is 0.780. The Morgan fingerprint density at radius 2 is 2.28 bits per heavy atom. The lowest BCUT2D eigenvalue weighted by Gasteiger charge is -2.05. The predicted molar refractivity (Wildman–Crippen MR) is 67.0 cm³/mol. The minimum absolute atomic E-state index is 0.443. The van der Waals surface area contributed by atoms with Crippen molar-refractivity contribution in [2.24, 2.45) is 7.05 Å². The SMILES string of the molecule is CC(C)c1nn(C)cc1CNCCc1ncno1. The van der Waals surface area contributed by atoms with Crippen LogP contribution in [0.2, 0.25) is 0 Å². The van der Waals surface area contributed by atoms with Gasteiger partial charge in [0.25, 0.3) is 0 Å². The lowest BCUT2D eigenvalue weighted by molar-refractivity contribution is 0.375. The highest BCUT2D eigenvalue weighted by atomic mass is 16.5. The van der Waals surface area contributed by atoms with E-state index in [-0.39, 0.29) is 0 Å². The molecule has 6 heteroatoms. The van der Waals surface area contributed by atoms with Crippen LogP contribution in [0.4, 0.5) is 0 Å². The average molecular weight is 249 g/mol. The van der Waals surface area contributed by atoms with Crippen molar-refractivity contribution in [1.82, 2.24) is 25.2 Å². The van der Waals surface area contributed by atoms with Gasteiger partial charge in [0, 0.05) is 38.3 Å². The first-order valence-corrected chi connectivity index (χ1v) is 6.15. The summed E-state index contributed by atoms with van der Waals surface area (Å²) in [5.74, 6) is 1.11. The van der Waals surface area contributed by atoms with E-state index in [2.05, 4.69) is 40.6 Å². The first-order chi connectivity index (χ1) is 8.66. The van der Waals surface area contributed by atoms with Gasteiger partial charge in [0.15, 0.2) is 6.33 Å².